The van der Waals surface area contributed by atoms with E-state index in [0.717, 1.165) is 0 Å². The van der Waals surface area contributed by atoms with Gasteiger partial charge in [-0.2, -0.15) is 0 Å². The van der Waals surface area contributed by atoms with E-state index in [9.17, 15) is 14.7 Å². The van der Waals surface area contributed by atoms with Crippen molar-refractivity contribution in [2.24, 2.45) is 0 Å². The molecule has 2 rings (SSSR count). The quantitative estimate of drug-likeness (QED) is 0.699. The molecule has 2 amide bonds. The van der Waals surface area contributed by atoms with Crippen LogP contribution in [0.3, 0.4) is 0 Å². The van der Waals surface area contributed by atoms with Crippen molar-refractivity contribution in [3.63, 3.8) is 0 Å². The van der Waals surface area contributed by atoms with Crippen molar-refractivity contribution in [1.29, 1.82) is 0 Å². The largest absolute Gasteiger partial charge is 0.508 e. The van der Waals surface area contributed by atoms with Crippen LogP contribution in [0.1, 0.15) is 11.6 Å². The maximum absolute atomic E-state index is 11.5. The first-order valence-corrected chi connectivity index (χ1v) is 5.06. The first kappa shape index (κ1) is 11.3. The van der Waals surface area contributed by atoms with Crippen molar-refractivity contribution >= 4 is 12.0 Å². The van der Waals surface area contributed by atoms with E-state index in [-0.39, 0.29) is 5.75 Å². The SMILES string of the molecule is CN1C(=O)NC(C(=O)O)C1c1ccccc1O. The summed E-state index contributed by atoms with van der Waals surface area (Å²) in [7, 11) is 1.50. The lowest BCUT2D eigenvalue weighted by molar-refractivity contribution is -0.139. The van der Waals surface area contributed by atoms with Crippen LogP contribution in [-0.2, 0) is 4.79 Å². The number of nitrogens with zero attached hydrogens (tertiary/aromatic N) is 1. The lowest BCUT2D eigenvalue weighted by atomic mass is 9.99. The Morgan fingerprint density at radius 1 is 1.41 bits per heavy atom. The minimum Gasteiger partial charge on any atom is -0.508 e. The third-order valence-electron chi connectivity index (χ3n) is 2.85. The van der Waals surface area contributed by atoms with Crippen LogP contribution in [0.25, 0.3) is 0 Å². The van der Waals surface area contributed by atoms with E-state index in [1.165, 1.54) is 18.0 Å². The van der Waals surface area contributed by atoms with Crippen LogP contribution in [-0.4, -0.2) is 40.2 Å². The fourth-order valence-electron chi connectivity index (χ4n) is 1.99. The van der Waals surface area contributed by atoms with E-state index in [1.54, 1.807) is 18.2 Å². The number of amides is 2. The fourth-order valence-corrected chi connectivity index (χ4v) is 1.99. The molecule has 1 aromatic carbocycles. The van der Waals surface area contributed by atoms with Crippen molar-refractivity contribution in [1.82, 2.24) is 10.2 Å². The minimum absolute atomic E-state index is 0.0212. The molecule has 0 aromatic heterocycles. The molecule has 1 aliphatic heterocycles. The van der Waals surface area contributed by atoms with Crippen LogP contribution < -0.4 is 5.32 Å². The van der Waals surface area contributed by atoms with Gasteiger partial charge in [0, 0.05) is 12.6 Å². The topological polar surface area (TPSA) is 89.9 Å². The maximum Gasteiger partial charge on any atom is 0.328 e. The number of phenols is 1. The number of carbonyl (C=O) groups excluding carboxylic acids is 1. The third-order valence-corrected chi connectivity index (χ3v) is 2.85. The van der Waals surface area contributed by atoms with Crippen LogP contribution >= 0.6 is 0 Å². The molecule has 1 aromatic rings. The highest BCUT2D eigenvalue weighted by molar-refractivity contribution is 5.88. The molecular weight excluding hydrogens is 224 g/mol. The Morgan fingerprint density at radius 2 is 2.06 bits per heavy atom. The Morgan fingerprint density at radius 3 is 2.65 bits per heavy atom. The zero-order chi connectivity index (χ0) is 12.6. The zero-order valence-electron chi connectivity index (χ0n) is 9.12. The van der Waals surface area contributed by atoms with Crippen molar-refractivity contribution < 1.29 is 19.8 Å². The Labute approximate surface area is 97.5 Å². The number of benzene rings is 1. The molecule has 1 heterocycles. The van der Waals surface area contributed by atoms with Gasteiger partial charge in [0.05, 0.1) is 6.04 Å². The highest BCUT2D eigenvalue weighted by atomic mass is 16.4. The van der Waals surface area contributed by atoms with E-state index >= 15 is 0 Å². The summed E-state index contributed by atoms with van der Waals surface area (Å²) < 4.78 is 0. The van der Waals surface area contributed by atoms with Gasteiger partial charge in [0.1, 0.15) is 5.75 Å². The molecule has 0 aliphatic carbocycles. The number of hydrogen-bond acceptors (Lipinski definition) is 3. The fraction of sp³-hybridized carbons (Fsp3) is 0.273. The Bertz CT molecular complexity index is 474. The Hall–Kier alpha value is -2.24. The van der Waals surface area contributed by atoms with E-state index in [4.69, 9.17) is 5.11 Å². The van der Waals surface area contributed by atoms with Gasteiger partial charge >= 0.3 is 12.0 Å². The summed E-state index contributed by atoms with van der Waals surface area (Å²) in [5, 5.41) is 21.1. The molecule has 6 nitrogen and oxygen atoms in total. The predicted molar refractivity (Wildman–Crippen MR) is 58.6 cm³/mol. The summed E-state index contributed by atoms with van der Waals surface area (Å²) in [6.07, 6.45) is 0. The van der Waals surface area contributed by atoms with Gasteiger partial charge in [-0.3, -0.25) is 0 Å². The van der Waals surface area contributed by atoms with E-state index in [0.29, 0.717) is 5.56 Å². The second-order valence-electron chi connectivity index (χ2n) is 3.88. The van der Waals surface area contributed by atoms with E-state index in [1.807, 2.05) is 0 Å². The minimum atomic E-state index is -1.13. The number of urea groups is 1. The summed E-state index contributed by atoms with van der Waals surface area (Å²) in [6, 6.07) is 4.16. The number of carboxylic acids is 1. The molecule has 0 saturated carbocycles. The molecule has 6 heteroatoms. The van der Waals surface area contributed by atoms with Gasteiger partial charge in [0.2, 0.25) is 0 Å². The Balaban J connectivity index is 2.44. The van der Waals surface area contributed by atoms with Crippen molar-refractivity contribution in [3.05, 3.63) is 29.8 Å². The van der Waals surface area contributed by atoms with Gasteiger partial charge in [0.15, 0.2) is 6.04 Å². The lowest BCUT2D eigenvalue weighted by Gasteiger charge is -2.22. The summed E-state index contributed by atoms with van der Waals surface area (Å²) >= 11 is 0. The predicted octanol–water partition coefficient (Wildman–Crippen LogP) is 0.541. The molecule has 0 spiro atoms. The van der Waals surface area contributed by atoms with Gasteiger partial charge in [-0.05, 0) is 6.07 Å². The summed E-state index contributed by atoms with van der Waals surface area (Å²) in [6.45, 7) is 0. The summed E-state index contributed by atoms with van der Waals surface area (Å²) in [5.41, 5.74) is 0.417. The lowest BCUT2D eigenvalue weighted by Crippen LogP contribution is -2.35. The van der Waals surface area contributed by atoms with Gasteiger partial charge in [0.25, 0.3) is 0 Å². The van der Waals surface area contributed by atoms with Crippen LogP contribution in [0.15, 0.2) is 24.3 Å². The molecule has 2 atom stereocenters. The van der Waals surface area contributed by atoms with Gasteiger partial charge < -0.3 is 20.4 Å². The molecule has 0 radical (unpaired) electrons. The molecule has 1 fully saturated rings. The first-order chi connectivity index (χ1) is 8.02. The van der Waals surface area contributed by atoms with Gasteiger partial charge in [-0.1, -0.05) is 18.2 Å². The van der Waals surface area contributed by atoms with Crippen molar-refractivity contribution in [3.8, 4) is 5.75 Å². The zero-order valence-corrected chi connectivity index (χ0v) is 9.12. The monoisotopic (exact) mass is 236 g/mol. The van der Waals surface area contributed by atoms with Crippen LogP contribution in [0.5, 0.6) is 5.75 Å². The standard InChI is InChI=1S/C11H12N2O4/c1-13-9(6-4-2-3-5-7(6)14)8(10(15)16)12-11(13)17/h2-5,8-9,14H,1H3,(H,12,17)(H,15,16). The molecular formula is C11H12N2O4. The average molecular weight is 236 g/mol. The summed E-state index contributed by atoms with van der Waals surface area (Å²) in [4.78, 5) is 23.8. The molecule has 3 N–H and O–H groups in total. The van der Waals surface area contributed by atoms with Gasteiger partial charge in [-0.25, -0.2) is 9.59 Å². The number of phenolic OH excluding ortho intramolecular Hbond substituents is 1. The second kappa shape index (κ2) is 3.97. The van der Waals surface area contributed by atoms with Crippen molar-refractivity contribution in [2.45, 2.75) is 12.1 Å². The number of aliphatic carboxylic acids is 1. The molecule has 17 heavy (non-hydrogen) atoms. The number of likely N-dealkylation sites (N-methyl/N-ethyl adjacent to an activating group) is 1. The smallest absolute Gasteiger partial charge is 0.328 e. The van der Waals surface area contributed by atoms with Crippen LogP contribution in [0.4, 0.5) is 4.79 Å². The second-order valence-corrected chi connectivity index (χ2v) is 3.88. The van der Waals surface area contributed by atoms with Crippen LogP contribution in [0.2, 0.25) is 0 Å². The average Bonchev–Trinajstić information content (AvgIpc) is 2.57. The summed E-state index contributed by atoms with van der Waals surface area (Å²) in [5.74, 6) is -1.15. The van der Waals surface area contributed by atoms with Gasteiger partial charge in [-0.15, -0.1) is 0 Å². The van der Waals surface area contributed by atoms with E-state index < -0.39 is 24.1 Å². The number of carboxylic acid groups (broad SMARTS) is 1. The van der Waals surface area contributed by atoms with Crippen LogP contribution in [0, 0.1) is 0 Å². The Kier molecular flexibility index (Phi) is 2.63. The third kappa shape index (κ3) is 1.77. The molecule has 90 valence electrons. The van der Waals surface area contributed by atoms with Crippen molar-refractivity contribution in [2.75, 3.05) is 7.05 Å². The number of nitrogens with one attached hydrogen (secondary N) is 1. The normalized spacial score (nSPS) is 23.6. The first-order valence-electron chi connectivity index (χ1n) is 5.06. The van der Waals surface area contributed by atoms with E-state index in [2.05, 4.69) is 5.32 Å². The number of hydrogen-bond donors (Lipinski definition) is 3. The molecule has 1 saturated heterocycles. The highest BCUT2D eigenvalue weighted by Gasteiger charge is 2.43. The number of aromatic hydroxyl groups is 1. The molecule has 1 aliphatic rings. The maximum atomic E-state index is 11.5. The highest BCUT2D eigenvalue weighted by Crippen LogP contribution is 2.33. The number of para-hydroxylation sites is 1. The molecule has 0 bridgehead atoms. The number of carbonyl (C=O) groups is 2. The number of rotatable bonds is 2. The molecule has 2 unspecified atom stereocenters.